The zero-order valence-electron chi connectivity index (χ0n) is 16.3. The monoisotopic (exact) mass is 446 g/mol. The van der Waals surface area contributed by atoms with Crippen molar-refractivity contribution in [1.29, 1.82) is 0 Å². The molecule has 1 aromatic carbocycles. The number of anilines is 2. The van der Waals surface area contributed by atoms with Crippen molar-refractivity contribution in [3.63, 3.8) is 0 Å². The Morgan fingerprint density at radius 2 is 1.97 bits per heavy atom. The van der Waals surface area contributed by atoms with Gasteiger partial charge in [0.05, 0.1) is 18.9 Å². The molecule has 1 atom stereocenters. The Hall–Kier alpha value is -1.98. The first kappa shape index (κ1) is 23.3. The molecule has 0 aliphatic rings. The highest BCUT2D eigenvalue weighted by molar-refractivity contribution is 7.98. The Morgan fingerprint density at radius 1 is 1.24 bits per heavy atom. The fraction of sp³-hybridized carbons (Fsp3) is 0.444. The number of aliphatic hydroxyl groups is 1. The fourth-order valence-electron chi connectivity index (χ4n) is 2.55. The van der Waals surface area contributed by atoms with Crippen molar-refractivity contribution in [2.45, 2.75) is 37.1 Å². The first-order chi connectivity index (χ1) is 13.6. The molecule has 0 spiro atoms. The third kappa shape index (κ3) is 7.75. The summed E-state index contributed by atoms with van der Waals surface area (Å²) in [5.74, 6) is -1.31. The average Bonchev–Trinajstić information content (AvgIpc) is 2.60. The lowest BCUT2D eigenvalue weighted by atomic mass is 10.0. The molecular formula is C18H24F2N4O3S2. The first-order valence-corrected chi connectivity index (χ1v) is 11.7. The van der Waals surface area contributed by atoms with Crippen molar-refractivity contribution in [1.82, 2.24) is 9.97 Å². The van der Waals surface area contributed by atoms with E-state index in [0.29, 0.717) is 17.4 Å². The molecule has 0 bridgehead atoms. The van der Waals surface area contributed by atoms with Gasteiger partial charge in [-0.05, 0) is 18.4 Å². The van der Waals surface area contributed by atoms with Gasteiger partial charge in [0.1, 0.15) is 10.8 Å². The van der Waals surface area contributed by atoms with E-state index < -0.39 is 21.7 Å². The zero-order chi connectivity index (χ0) is 21.6. The van der Waals surface area contributed by atoms with Gasteiger partial charge in [-0.1, -0.05) is 26.0 Å². The van der Waals surface area contributed by atoms with Gasteiger partial charge in [-0.3, -0.25) is 4.72 Å². The van der Waals surface area contributed by atoms with E-state index in [1.54, 1.807) is 0 Å². The number of hydrogen-bond donors (Lipinski definition) is 3. The van der Waals surface area contributed by atoms with Gasteiger partial charge in [0, 0.05) is 17.4 Å². The molecule has 7 nitrogen and oxygen atoms in total. The number of sulfonamides is 1. The highest BCUT2D eigenvalue weighted by atomic mass is 32.2. The standard InChI is InChI=1S/C18H24F2N4O3S2/c1-11(2)7-13(9-25)21-18-22-15(24-29(3,26)27)8-16(23-18)28-10-12-5-4-6-14(19)17(12)20/h4-6,8,11,13,25H,7,9-10H2,1-3H3,(H2,21,22,23,24)/t13-/m1/s1. The minimum atomic E-state index is -3.58. The molecule has 3 N–H and O–H groups in total. The largest absolute Gasteiger partial charge is 0.394 e. The molecule has 2 aromatic rings. The second kappa shape index (κ2) is 10.2. The number of benzene rings is 1. The summed E-state index contributed by atoms with van der Waals surface area (Å²) in [6.07, 6.45) is 1.65. The molecule has 29 heavy (non-hydrogen) atoms. The number of rotatable bonds is 10. The van der Waals surface area contributed by atoms with Crippen LogP contribution in [0.25, 0.3) is 0 Å². The van der Waals surface area contributed by atoms with Crippen LogP contribution >= 0.6 is 11.8 Å². The maximum atomic E-state index is 13.9. The van der Waals surface area contributed by atoms with Crippen molar-refractivity contribution in [2.24, 2.45) is 5.92 Å². The summed E-state index contributed by atoms with van der Waals surface area (Å²) in [7, 11) is -3.58. The predicted octanol–water partition coefficient (Wildman–Crippen LogP) is 3.24. The fourth-order valence-corrected chi connectivity index (χ4v) is 3.90. The van der Waals surface area contributed by atoms with Crippen molar-refractivity contribution in [3.8, 4) is 0 Å². The van der Waals surface area contributed by atoms with Gasteiger partial charge < -0.3 is 10.4 Å². The van der Waals surface area contributed by atoms with Crippen LogP contribution in [0.2, 0.25) is 0 Å². The molecule has 1 aromatic heterocycles. The maximum Gasteiger partial charge on any atom is 0.230 e. The molecule has 1 heterocycles. The van der Waals surface area contributed by atoms with E-state index in [0.717, 1.165) is 24.1 Å². The molecule has 2 rings (SSSR count). The minimum Gasteiger partial charge on any atom is -0.394 e. The number of thioether (sulfide) groups is 1. The second-order valence-corrected chi connectivity index (χ2v) is 9.69. The third-order valence-electron chi connectivity index (χ3n) is 3.71. The van der Waals surface area contributed by atoms with Crippen molar-refractivity contribution in [2.75, 3.05) is 22.9 Å². The molecule has 160 valence electrons. The molecule has 0 fully saturated rings. The third-order valence-corrected chi connectivity index (χ3v) is 5.25. The molecule has 0 aliphatic heterocycles. The molecular weight excluding hydrogens is 422 g/mol. The van der Waals surface area contributed by atoms with E-state index in [2.05, 4.69) is 20.0 Å². The molecule has 0 aliphatic carbocycles. The normalized spacial score (nSPS) is 12.8. The quantitative estimate of drug-likeness (QED) is 0.380. The Bertz CT molecular complexity index is 943. The lowest BCUT2D eigenvalue weighted by Gasteiger charge is -2.19. The van der Waals surface area contributed by atoms with Crippen molar-refractivity contribution >= 4 is 33.6 Å². The number of aliphatic hydroxyl groups excluding tert-OH is 1. The molecule has 0 radical (unpaired) electrons. The van der Waals surface area contributed by atoms with E-state index in [4.69, 9.17) is 0 Å². The minimum absolute atomic E-state index is 0.0356. The predicted molar refractivity (Wildman–Crippen MR) is 110 cm³/mol. The second-order valence-electron chi connectivity index (χ2n) is 6.94. The lowest BCUT2D eigenvalue weighted by molar-refractivity contribution is 0.259. The number of hydrogen-bond acceptors (Lipinski definition) is 7. The van der Waals surface area contributed by atoms with Crippen LogP contribution in [0, 0.1) is 17.6 Å². The Balaban J connectivity index is 2.27. The maximum absolute atomic E-state index is 13.9. The lowest BCUT2D eigenvalue weighted by Crippen LogP contribution is -2.27. The van der Waals surface area contributed by atoms with Gasteiger partial charge in [0.25, 0.3) is 0 Å². The van der Waals surface area contributed by atoms with Gasteiger partial charge in [0.15, 0.2) is 11.6 Å². The highest BCUT2D eigenvalue weighted by Crippen LogP contribution is 2.26. The van der Waals surface area contributed by atoms with E-state index in [-0.39, 0.29) is 35.7 Å². The van der Waals surface area contributed by atoms with Crippen LogP contribution in [0.3, 0.4) is 0 Å². The summed E-state index contributed by atoms with van der Waals surface area (Å²) < 4.78 is 52.7. The highest BCUT2D eigenvalue weighted by Gasteiger charge is 2.15. The first-order valence-electron chi connectivity index (χ1n) is 8.87. The molecule has 11 heteroatoms. The van der Waals surface area contributed by atoms with Crippen LogP contribution in [0.4, 0.5) is 20.5 Å². The van der Waals surface area contributed by atoms with Gasteiger partial charge in [0.2, 0.25) is 16.0 Å². The van der Waals surface area contributed by atoms with E-state index in [1.165, 1.54) is 18.2 Å². The van der Waals surface area contributed by atoms with E-state index in [9.17, 15) is 22.3 Å². The van der Waals surface area contributed by atoms with Crippen LogP contribution in [0.1, 0.15) is 25.8 Å². The number of halogens is 2. The van der Waals surface area contributed by atoms with Gasteiger partial charge >= 0.3 is 0 Å². The number of nitrogens with one attached hydrogen (secondary N) is 2. The number of nitrogens with zero attached hydrogens (tertiary/aromatic N) is 2. The van der Waals surface area contributed by atoms with Crippen LogP contribution < -0.4 is 10.0 Å². The average molecular weight is 447 g/mol. The summed E-state index contributed by atoms with van der Waals surface area (Å²) in [6, 6.07) is 5.00. The molecule has 0 saturated carbocycles. The van der Waals surface area contributed by atoms with Gasteiger partial charge in [-0.15, -0.1) is 11.8 Å². The Labute approximate surface area is 173 Å². The van der Waals surface area contributed by atoms with Gasteiger partial charge in [-0.25, -0.2) is 22.2 Å². The topological polar surface area (TPSA) is 104 Å². The van der Waals surface area contributed by atoms with E-state index in [1.807, 2.05) is 13.8 Å². The van der Waals surface area contributed by atoms with Gasteiger partial charge in [-0.2, -0.15) is 4.98 Å². The Kier molecular flexibility index (Phi) is 8.17. The zero-order valence-corrected chi connectivity index (χ0v) is 17.9. The van der Waals surface area contributed by atoms with Crippen LogP contribution in [0.5, 0.6) is 0 Å². The van der Waals surface area contributed by atoms with Crippen molar-refractivity contribution in [3.05, 3.63) is 41.5 Å². The van der Waals surface area contributed by atoms with Crippen LogP contribution in [-0.4, -0.2) is 42.4 Å². The number of aromatic nitrogens is 2. The van der Waals surface area contributed by atoms with Crippen LogP contribution in [0.15, 0.2) is 29.3 Å². The summed E-state index contributed by atoms with van der Waals surface area (Å²) in [5.41, 5.74) is 0.161. The molecule has 0 amide bonds. The molecule has 0 unspecified atom stereocenters. The smallest absolute Gasteiger partial charge is 0.230 e. The summed E-state index contributed by atoms with van der Waals surface area (Å²) >= 11 is 1.10. The Morgan fingerprint density at radius 3 is 2.59 bits per heavy atom. The molecule has 0 saturated heterocycles. The summed E-state index contributed by atoms with van der Waals surface area (Å²) in [6.45, 7) is 3.85. The summed E-state index contributed by atoms with van der Waals surface area (Å²) in [4.78, 5) is 8.43. The van der Waals surface area contributed by atoms with Crippen LogP contribution in [-0.2, 0) is 15.8 Å². The SMILES string of the molecule is CC(C)C[C@H](CO)Nc1nc(NS(C)(=O)=O)cc(SCc2cccc(F)c2F)n1. The van der Waals surface area contributed by atoms with Crippen molar-refractivity contribution < 1.29 is 22.3 Å². The summed E-state index contributed by atoms with van der Waals surface area (Å²) in [5, 5.41) is 12.9. The van der Waals surface area contributed by atoms with E-state index >= 15 is 0 Å².